The quantitative estimate of drug-likeness (QED) is 0.690. The van der Waals surface area contributed by atoms with Crippen molar-refractivity contribution >= 4 is 0 Å². The molecule has 2 heterocycles. The fraction of sp³-hybridized carbons (Fsp3) is 0.222. The number of benzene rings is 1. The number of aromatic amines is 1. The van der Waals surface area contributed by atoms with Crippen molar-refractivity contribution in [2.45, 2.75) is 24.6 Å². The Hall–Kier alpha value is -2.50. The number of nitrogens with zero attached hydrogens (tertiary/aromatic N) is 2. The Labute approximate surface area is 134 Å². The summed E-state index contributed by atoms with van der Waals surface area (Å²) >= 11 is 0. The fourth-order valence-electron chi connectivity index (χ4n) is 3.27. The van der Waals surface area contributed by atoms with Crippen LogP contribution >= 0.6 is 0 Å². The van der Waals surface area contributed by atoms with Gasteiger partial charge < -0.3 is 10.1 Å². The maximum absolute atomic E-state index is 10.5. The number of imidazole rings is 1. The van der Waals surface area contributed by atoms with Gasteiger partial charge >= 0.3 is 0 Å². The summed E-state index contributed by atoms with van der Waals surface area (Å²) < 4.78 is 0. The summed E-state index contributed by atoms with van der Waals surface area (Å²) in [6.07, 6.45) is 7.35. The van der Waals surface area contributed by atoms with E-state index in [1.54, 1.807) is 18.6 Å². The summed E-state index contributed by atoms with van der Waals surface area (Å²) in [5, 5.41) is 14.1. The first-order chi connectivity index (χ1) is 11.3. The summed E-state index contributed by atoms with van der Waals surface area (Å²) in [5.74, 6) is 0.814. The van der Waals surface area contributed by atoms with Gasteiger partial charge in [-0.25, -0.2) is 4.98 Å². The van der Waals surface area contributed by atoms with E-state index in [9.17, 15) is 5.11 Å². The van der Waals surface area contributed by atoms with Crippen molar-refractivity contribution in [2.24, 2.45) is 0 Å². The third kappa shape index (κ3) is 2.65. The Balaban J connectivity index is 1.69. The second-order valence-corrected chi connectivity index (χ2v) is 5.81. The predicted molar refractivity (Wildman–Crippen MR) is 86.7 cm³/mol. The maximum Gasteiger partial charge on any atom is 0.127 e. The lowest BCUT2D eigenvalue weighted by Crippen LogP contribution is -2.33. The van der Waals surface area contributed by atoms with E-state index < -0.39 is 6.10 Å². The minimum atomic E-state index is -0.443. The van der Waals surface area contributed by atoms with Crippen LogP contribution in [0.1, 0.15) is 34.6 Å². The van der Waals surface area contributed by atoms with Crippen molar-refractivity contribution in [1.82, 2.24) is 20.3 Å². The van der Waals surface area contributed by atoms with Crippen molar-refractivity contribution in [1.29, 1.82) is 0 Å². The van der Waals surface area contributed by atoms with Crippen LogP contribution in [-0.2, 0) is 6.42 Å². The average Bonchev–Trinajstić information content (AvgIpc) is 3.21. The second kappa shape index (κ2) is 5.95. The summed E-state index contributed by atoms with van der Waals surface area (Å²) in [7, 11) is 0. The largest absolute Gasteiger partial charge is 0.391 e. The zero-order chi connectivity index (χ0) is 15.6. The van der Waals surface area contributed by atoms with Gasteiger partial charge in [-0.1, -0.05) is 30.3 Å². The first kappa shape index (κ1) is 14.1. The second-order valence-electron chi connectivity index (χ2n) is 5.81. The van der Waals surface area contributed by atoms with Gasteiger partial charge in [-0.05, 0) is 22.8 Å². The highest BCUT2D eigenvalue weighted by Gasteiger charge is 2.33. The zero-order valence-electron chi connectivity index (χ0n) is 12.6. The van der Waals surface area contributed by atoms with Crippen molar-refractivity contribution in [3.63, 3.8) is 0 Å². The number of nitrogens with one attached hydrogen (secondary N) is 2. The molecule has 0 amide bonds. The lowest BCUT2D eigenvalue weighted by molar-refractivity contribution is 0.137. The van der Waals surface area contributed by atoms with Crippen LogP contribution < -0.4 is 5.32 Å². The van der Waals surface area contributed by atoms with E-state index in [2.05, 4.69) is 32.4 Å². The van der Waals surface area contributed by atoms with Crippen LogP contribution in [-0.4, -0.2) is 26.2 Å². The van der Waals surface area contributed by atoms with E-state index in [1.807, 2.05) is 30.5 Å². The number of hydrogen-bond donors (Lipinski definition) is 3. The molecule has 3 aromatic rings. The van der Waals surface area contributed by atoms with Crippen molar-refractivity contribution in [3.05, 3.63) is 83.7 Å². The van der Waals surface area contributed by atoms with Gasteiger partial charge in [0, 0.05) is 31.2 Å². The number of aliphatic hydroxyl groups excluding tert-OH is 1. The normalized spacial score (nSPS) is 21.1. The predicted octanol–water partition coefficient (Wildman–Crippen LogP) is 2.14. The summed E-state index contributed by atoms with van der Waals surface area (Å²) in [4.78, 5) is 11.8. The number of H-pyrrole nitrogens is 1. The Morgan fingerprint density at radius 2 is 2.09 bits per heavy atom. The van der Waals surface area contributed by atoms with E-state index in [-0.39, 0.29) is 12.1 Å². The van der Waals surface area contributed by atoms with E-state index in [4.69, 9.17) is 0 Å². The first-order valence-corrected chi connectivity index (χ1v) is 7.74. The molecule has 0 bridgehead atoms. The number of aliphatic hydroxyl groups is 1. The minimum absolute atomic E-state index is 0.124. The smallest absolute Gasteiger partial charge is 0.127 e. The Morgan fingerprint density at radius 1 is 1.17 bits per heavy atom. The lowest BCUT2D eigenvalue weighted by atomic mass is 10.0. The number of aromatic nitrogens is 3. The van der Waals surface area contributed by atoms with Crippen LogP contribution in [0.15, 0.2) is 61.2 Å². The van der Waals surface area contributed by atoms with Crippen LogP contribution in [0.2, 0.25) is 0 Å². The standard InChI is InChI=1S/C18H18N4O/c23-15-10-12-4-1-2-6-14(12)17(15)22-16(18-20-8-9-21-18)13-5-3-7-19-11-13/h1-9,11,15-17,22-23H,10H2,(H,20,21)/t15-,16?,17+/m0/s1. The molecule has 2 aromatic heterocycles. The molecule has 0 fully saturated rings. The molecular formula is C18H18N4O. The van der Waals surface area contributed by atoms with Crippen molar-refractivity contribution in [3.8, 4) is 0 Å². The van der Waals surface area contributed by atoms with Gasteiger partial charge in [0.05, 0.1) is 18.2 Å². The van der Waals surface area contributed by atoms with Crippen LogP contribution in [0.25, 0.3) is 0 Å². The molecule has 0 spiro atoms. The Bertz CT molecular complexity index is 773. The van der Waals surface area contributed by atoms with Crippen LogP contribution in [0.4, 0.5) is 0 Å². The molecule has 1 aliphatic carbocycles. The number of pyridine rings is 1. The van der Waals surface area contributed by atoms with Gasteiger partial charge in [-0.2, -0.15) is 0 Å². The molecule has 0 saturated heterocycles. The van der Waals surface area contributed by atoms with Gasteiger partial charge in [-0.15, -0.1) is 0 Å². The maximum atomic E-state index is 10.5. The zero-order valence-corrected chi connectivity index (χ0v) is 12.6. The molecule has 1 unspecified atom stereocenters. The number of rotatable bonds is 4. The summed E-state index contributed by atoms with van der Waals surface area (Å²) in [6.45, 7) is 0. The van der Waals surface area contributed by atoms with E-state index in [0.29, 0.717) is 6.42 Å². The molecule has 4 rings (SSSR count). The van der Waals surface area contributed by atoms with Crippen LogP contribution in [0.3, 0.4) is 0 Å². The topological polar surface area (TPSA) is 73.8 Å². The van der Waals surface area contributed by atoms with E-state index in [0.717, 1.165) is 17.0 Å². The molecular weight excluding hydrogens is 288 g/mol. The highest BCUT2D eigenvalue weighted by Crippen LogP contribution is 2.34. The Morgan fingerprint density at radius 3 is 2.87 bits per heavy atom. The third-order valence-electron chi connectivity index (χ3n) is 4.36. The summed E-state index contributed by atoms with van der Waals surface area (Å²) in [5.41, 5.74) is 3.36. The molecule has 116 valence electrons. The van der Waals surface area contributed by atoms with Gasteiger partial charge in [0.15, 0.2) is 0 Å². The van der Waals surface area contributed by atoms with E-state index >= 15 is 0 Å². The highest BCUT2D eigenvalue weighted by molar-refractivity contribution is 5.37. The average molecular weight is 306 g/mol. The van der Waals surface area contributed by atoms with Crippen molar-refractivity contribution in [2.75, 3.05) is 0 Å². The fourth-order valence-corrected chi connectivity index (χ4v) is 3.27. The molecule has 0 aliphatic heterocycles. The molecule has 3 atom stereocenters. The molecule has 5 heteroatoms. The molecule has 0 saturated carbocycles. The van der Waals surface area contributed by atoms with Crippen LogP contribution in [0, 0.1) is 0 Å². The van der Waals surface area contributed by atoms with Gasteiger partial charge in [0.2, 0.25) is 0 Å². The molecule has 1 aromatic carbocycles. The monoisotopic (exact) mass is 306 g/mol. The highest BCUT2D eigenvalue weighted by atomic mass is 16.3. The first-order valence-electron chi connectivity index (χ1n) is 7.74. The molecule has 5 nitrogen and oxygen atoms in total. The van der Waals surface area contributed by atoms with E-state index in [1.165, 1.54) is 5.56 Å². The SMILES string of the molecule is O[C@H]1Cc2ccccc2[C@H]1NC(c1cccnc1)c1ncc[nH]1. The lowest BCUT2D eigenvalue weighted by Gasteiger charge is -2.24. The number of hydrogen-bond acceptors (Lipinski definition) is 4. The van der Waals surface area contributed by atoms with Crippen LogP contribution in [0.5, 0.6) is 0 Å². The molecule has 23 heavy (non-hydrogen) atoms. The third-order valence-corrected chi connectivity index (χ3v) is 4.36. The van der Waals surface area contributed by atoms with Gasteiger partial charge in [0.1, 0.15) is 5.82 Å². The molecule has 3 N–H and O–H groups in total. The summed E-state index contributed by atoms with van der Waals surface area (Å²) in [6, 6.07) is 11.8. The van der Waals surface area contributed by atoms with Gasteiger partial charge in [-0.3, -0.25) is 10.3 Å². The van der Waals surface area contributed by atoms with Gasteiger partial charge in [0.25, 0.3) is 0 Å². The molecule has 0 radical (unpaired) electrons. The Kier molecular flexibility index (Phi) is 3.65. The molecule has 1 aliphatic rings. The van der Waals surface area contributed by atoms with Crippen molar-refractivity contribution < 1.29 is 5.11 Å². The minimum Gasteiger partial charge on any atom is -0.391 e. The number of fused-ring (bicyclic) bond motifs is 1.